The SMILES string of the molecule is Cc1ncnc2c1ccn2[Si](C(C)C)(C(C)C)C(C)C. The molecule has 0 fully saturated rings. The van der Waals surface area contributed by atoms with E-state index in [0.717, 1.165) is 11.3 Å². The van der Waals surface area contributed by atoms with E-state index in [1.54, 1.807) is 6.33 Å². The Morgan fingerprint density at radius 1 is 0.950 bits per heavy atom. The summed E-state index contributed by atoms with van der Waals surface area (Å²) in [5, 5.41) is 1.20. The lowest BCUT2D eigenvalue weighted by Crippen LogP contribution is -2.51. The van der Waals surface area contributed by atoms with Crippen molar-refractivity contribution in [3.05, 3.63) is 24.3 Å². The van der Waals surface area contributed by atoms with Gasteiger partial charge in [-0.2, -0.15) is 0 Å². The molecule has 2 rings (SSSR count). The highest BCUT2D eigenvalue weighted by molar-refractivity contribution is 6.82. The maximum Gasteiger partial charge on any atom is 0.171 e. The molecule has 0 aliphatic heterocycles. The largest absolute Gasteiger partial charge is 0.358 e. The average molecular weight is 289 g/mol. The number of hydrogen-bond donors (Lipinski definition) is 0. The van der Waals surface area contributed by atoms with Gasteiger partial charge in [0.1, 0.15) is 12.0 Å². The number of nitrogens with zero attached hydrogens (tertiary/aromatic N) is 3. The number of rotatable bonds is 4. The second-order valence-corrected chi connectivity index (χ2v) is 12.5. The molecule has 2 aromatic heterocycles. The Morgan fingerprint density at radius 2 is 1.50 bits per heavy atom. The van der Waals surface area contributed by atoms with Crippen molar-refractivity contribution in [2.75, 3.05) is 0 Å². The number of fused-ring (bicyclic) bond motifs is 1. The molecule has 0 bridgehead atoms. The summed E-state index contributed by atoms with van der Waals surface area (Å²) in [6.07, 6.45) is 3.97. The monoisotopic (exact) mass is 289 g/mol. The fraction of sp³-hybridized carbons (Fsp3) is 0.625. The zero-order chi connectivity index (χ0) is 15.1. The molecule has 0 amide bonds. The van der Waals surface area contributed by atoms with Crippen LogP contribution in [0.5, 0.6) is 0 Å². The number of aromatic nitrogens is 3. The van der Waals surface area contributed by atoms with Crippen molar-refractivity contribution in [1.82, 2.24) is 14.2 Å². The topological polar surface area (TPSA) is 30.7 Å². The van der Waals surface area contributed by atoms with Crippen LogP contribution in [0.1, 0.15) is 47.2 Å². The molecule has 0 spiro atoms. The van der Waals surface area contributed by atoms with Gasteiger partial charge < -0.3 is 4.23 Å². The zero-order valence-electron chi connectivity index (χ0n) is 13.8. The minimum atomic E-state index is -1.71. The zero-order valence-corrected chi connectivity index (χ0v) is 14.8. The van der Waals surface area contributed by atoms with Crippen LogP contribution in [-0.2, 0) is 0 Å². The first kappa shape index (κ1) is 15.2. The predicted octanol–water partition coefficient (Wildman–Crippen LogP) is 4.76. The number of hydrogen-bond acceptors (Lipinski definition) is 2. The standard InChI is InChI=1S/C16H27N3Si/c1-11(2)20(12(3)4,13(5)6)19-9-8-15-14(7)17-10-18-16(15)19/h8-13H,1-7H3. The fourth-order valence-electron chi connectivity index (χ4n) is 4.22. The lowest BCUT2D eigenvalue weighted by atomic mass is 10.3. The Morgan fingerprint density at radius 3 is 2.00 bits per heavy atom. The maximum atomic E-state index is 4.60. The van der Waals surface area contributed by atoms with E-state index >= 15 is 0 Å². The van der Waals surface area contributed by atoms with E-state index in [1.165, 1.54) is 5.39 Å². The van der Waals surface area contributed by atoms with Crippen LogP contribution >= 0.6 is 0 Å². The van der Waals surface area contributed by atoms with Crippen molar-refractivity contribution in [2.24, 2.45) is 0 Å². The number of aryl methyl sites for hydroxylation is 1. The predicted molar refractivity (Wildman–Crippen MR) is 88.7 cm³/mol. The Balaban J connectivity index is 2.79. The molecule has 20 heavy (non-hydrogen) atoms. The van der Waals surface area contributed by atoms with Gasteiger partial charge in [-0.1, -0.05) is 41.5 Å². The molecule has 0 aromatic carbocycles. The van der Waals surface area contributed by atoms with Crippen LogP contribution in [0.25, 0.3) is 11.0 Å². The summed E-state index contributed by atoms with van der Waals surface area (Å²) >= 11 is 0. The fourth-order valence-corrected chi connectivity index (χ4v) is 10.8. The highest BCUT2D eigenvalue weighted by Crippen LogP contribution is 2.43. The molecular formula is C16H27N3Si. The van der Waals surface area contributed by atoms with Crippen molar-refractivity contribution in [3.8, 4) is 0 Å². The normalized spacial score (nSPS) is 13.1. The van der Waals surface area contributed by atoms with E-state index in [1.807, 2.05) is 0 Å². The molecular weight excluding hydrogens is 262 g/mol. The molecule has 0 aliphatic carbocycles. The van der Waals surface area contributed by atoms with Gasteiger partial charge in [0.2, 0.25) is 0 Å². The Kier molecular flexibility index (Phi) is 4.05. The molecule has 3 nitrogen and oxygen atoms in total. The van der Waals surface area contributed by atoms with Crippen LogP contribution in [0.3, 0.4) is 0 Å². The smallest absolute Gasteiger partial charge is 0.171 e. The van der Waals surface area contributed by atoms with E-state index in [2.05, 4.69) is 74.9 Å². The lowest BCUT2D eigenvalue weighted by Gasteiger charge is -2.44. The van der Waals surface area contributed by atoms with Crippen molar-refractivity contribution in [3.63, 3.8) is 0 Å². The van der Waals surface area contributed by atoms with E-state index in [9.17, 15) is 0 Å². The summed E-state index contributed by atoms with van der Waals surface area (Å²) in [7, 11) is -1.71. The third-order valence-corrected chi connectivity index (χ3v) is 11.6. The Bertz CT molecular complexity index is 577. The van der Waals surface area contributed by atoms with Crippen LogP contribution in [0.4, 0.5) is 0 Å². The third-order valence-electron chi connectivity index (χ3n) is 4.87. The molecule has 0 radical (unpaired) electrons. The van der Waals surface area contributed by atoms with Crippen molar-refractivity contribution >= 4 is 19.3 Å². The molecule has 0 atom stereocenters. The minimum Gasteiger partial charge on any atom is -0.358 e. The Labute approximate surface area is 123 Å². The van der Waals surface area contributed by atoms with Gasteiger partial charge in [-0.05, 0) is 35.8 Å². The van der Waals surface area contributed by atoms with Crippen LogP contribution in [-0.4, -0.2) is 22.4 Å². The first-order valence-electron chi connectivity index (χ1n) is 7.62. The molecule has 0 N–H and O–H groups in total. The van der Waals surface area contributed by atoms with E-state index in [0.29, 0.717) is 16.6 Å². The summed E-state index contributed by atoms with van der Waals surface area (Å²) in [6.45, 7) is 16.4. The van der Waals surface area contributed by atoms with Gasteiger partial charge in [-0.25, -0.2) is 9.97 Å². The quantitative estimate of drug-likeness (QED) is 0.759. The average Bonchev–Trinajstić information content (AvgIpc) is 2.74. The second-order valence-electron chi connectivity index (χ2n) is 6.73. The van der Waals surface area contributed by atoms with Crippen LogP contribution < -0.4 is 0 Å². The Hall–Kier alpha value is -1.16. The molecule has 0 aliphatic rings. The van der Waals surface area contributed by atoms with Gasteiger partial charge in [0.05, 0.1) is 5.69 Å². The first-order chi connectivity index (χ1) is 9.33. The molecule has 110 valence electrons. The van der Waals surface area contributed by atoms with Crippen molar-refractivity contribution in [1.29, 1.82) is 0 Å². The van der Waals surface area contributed by atoms with Gasteiger partial charge in [0.15, 0.2) is 8.24 Å². The molecule has 2 heterocycles. The highest BCUT2D eigenvalue weighted by Gasteiger charge is 2.45. The van der Waals surface area contributed by atoms with Gasteiger partial charge >= 0.3 is 0 Å². The van der Waals surface area contributed by atoms with Gasteiger partial charge in [0.25, 0.3) is 0 Å². The van der Waals surface area contributed by atoms with Crippen molar-refractivity contribution < 1.29 is 0 Å². The third kappa shape index (κ3) is 2.01. The molecule has 0 unspecified atom stereocenters. The van der Waals surface area contributed by atoms with E-state index < -0.39 is 8.24 Å². The molecule has 0 saturated heterocycles. The van der Waals surface area contributed by atoms with Crippen LogP contribution in [0.2, 0.25) is 16.6 Å². The minimum absolute atomic E-state index is 0.674. The summed E-state index contributed by atoms with van der Waals surface area (Å²) in [4.78, 5) is 8.93. The highest BCUT2D eigenvalue weighted by atomic mass is 28.3. The summed E-state index contributed by atoms with van der Waals surface area (Å²) in [5.41, 5.74) is 4.23. The molecule has 4 heteroatoms. The summed E-state index contributed by atoms with van der Waals surface area (Å²) in [6, 6.07) is 2.19. The van der Waals surface area contributed by atoms with E-state index in [-0.39, 0.29) is 0 Å². The van der Waals surface area contributed by atoms with Gasteiger partial charge in [-0.15, -0.1) is 0 Å². The lowest BCUT2D eigenvalue weighted by molar-refractivity contribution is 0.770. The van der Waals surface area contributed by atoms with Gasteiger partial charge in [0, 0.05) is 5.39 Å². The van der Waals surface area contributed by atoms with E-state index in [4.69, 9.17) is 0 Å². The first-order valence-corrected chi connectivity index (χ1v) is 9.80. The van der Waals surface area contributed by atoms with Crippen LogP contribution in [0.15, 0.2) is 18.6 Å². The second kappa shape index (κ2) is 5.32. The van der Waals surface area contributed by atoms with Crippen LogP contribution in [0, 0.1) is 6.92 Å². The molecule has 2 aromatic rings. The van der Waals surface area contributed by atoms with Crippen molar-refractivity contribution in [2.45, 2.75) is 65.1 Å². The summed E-state index contributed by atoms with van der Waals surface area (Å²) in [5.74, 6) is 0. The van der Waals surface area contributed by atoms with Gasteiger partial charge in [-0.3, -0.25) is 0 Å². The summed E-state index contributed by atoms with van der Waals surface area (Å²) < 4.78 is 2.54. The molecule has 0 saturated carbocycles. The maximum absolute atomic E-state index is 4.60.